The molecule has 7 heteroatoms. The van der Waals surface area contributed by atoms with E-state index in [2.05, 4.69) is 20.2 Å². The lowest BCUT2D eigenvalue weighted by Gasteiger charge is -2.30. The van der Waals surface area contributed by atoms with E-state index in [1.165, 1.54) is 23.3 Å². The number of pyridine rings is 1. The summed E-state index contributed by atoms with van der Waals surface area (Å²) in [5.74, 6) is -0.307. The summed E-state index contributed by atoms with van der Waals surface area (Å²) in [4.78, 5) is 23.8. The van der Waals surface area contributed by atoms with Crippen LogP contribution in [0.15, 0.2) is 42.7 Å². The van der Waals surface area contributed by atoms with Gasteiger partial charge in [0.2, 0.25) is 0 Å². The van der Waals surface area contributed by atoms with Crippen molar-refractivity contribution in [3.63, 3.8) is 0 Å². The molecule has 1 aliphatic rings. The number of carbonyl (C=O) groups excluding carboxylic acids is 1. The standard InChI is InChI=1S/C21H23N5OS.C2H6/c1-14-5-7-15(8-6-14)21-25-18(19(22)28-21)20(27)24-16-13-23-10-9-17(16)26-11-3-2-4-12-26;1-2/h5-10,13H,2-4,11-12,22H2,1H3,(H,24,27);1-2H3. The summed E-state index contributed by atoms with van der Waals surface area (Å²) >= 11 is 1.32. The van der Waals surface area contributed by atoms with Crippen LogP contribution >= 0.6 is 11.3 Å². The van der Waals surface area contributed by atoms with E-state index >= 15 is 0 Å². The summed E-state index contributed by atoms with van der Waals surface area (Å²) in [6, 6.07) is 9.97. The largest absolute Gasteiger partial charge is 0.389 e. The van der Waals surface area contributed by atoms with Crippen LogP contribution in [0.25, 0.3) is 10.6 Å². The number of hydrogen-bond acceptors (Lipinski definition) is 6. The fourth-order valence-electron chi connectivity index (χ4n) is 3.39. The molecule has 1 saturated heterocycles. The maximum atomic E-state index is 12.9. The molecule has 1 fully saturated rings. The minimum atomic E-state index is -0.307. The Hall–Kier alpha value is -2.93. The smallest absolute Gasteiger partial charge is 0.277 e. The summed E-state index contributed by atoms with van der Waals surface area (Å²) in [7, 11) is 0. The summed E-state index contributed by atoms with van der Waals surface area (Å²) in [6.45, 7) is 8.01. The fourth-order valence-corrected chi connectivity index (χ4v) is 4.22. The minimum absolute atomic E-state index is 0.258. The maximum absolute atomic E-state index is 12.9. The quantitative estimate of drug-likeness (QED) is 0.590. The number of nitrogens with one attached hydrogen (secondary N) is 1. The van der Waals surface area contributed by atoms with E-state index in [4.69, 9.17) is 5.73 Å². The van der Waals surface area contributed by atoms with Gasteiger partial charge in [-0.2, -0.15) is 0 Å². The third-order valence-corrected chi connectivity index (χ3v) is 5.84. The number of rotatable bonds is 4. The number of piperidine rings is 1. The molecule has 1 amide bonds. The molecule has 3 N–H and O–H groups in total. The van der Waals surface area contributed by atoms with E-state index in [-0.39, 0.29) is 11.6 Å². The van der Waals surface area contributed by atoms with Crippen LogP contribution in [0.5, 0.6) is 0 Å². The lowest BCUT2D eigenvalue weighted by atomic mass is 10.1. The normalized spacial score (nSPS) is 13.4. The number of anilines is 3. The van der Waals surface area contributed by atoms with Crippen molar-refractivity contribution in [2.75, 3.05) is 29.0 Å². The highest BCUT2D eigenvalue weighted by Gasteiger charge is 2.20. The molecule has 2 aromatic heterocycles. The number of aromatic nitrogens is 2. The van der Waals surface area contributed by atoms with Gasteiger partial charge in [-0.1, -0.05) is 55.0 Å². The number of aryl methyl sites for hydroxylation is 1. The first-order valence-electron chi connectivity index (χ1n) is 10.5. The van der Waals surface area contributed by atoms with Gasteiger partial charge in [-0.05, 0) is 32.3 Å². The van der Waals surface area contributed by atoms with E-state index in [1.807, 2.05) is 51.1 Å². The van der Waals surface area contributed by atoms with Crippen molar-refractivity contribution in [3.8, 4) is 10.6 Å². The molecule has 0 spiro atoms. The monoisotopic (exact) mass is 423 g/mol. The van der Waals surface area contributed by atoms with E-state index in [0.29, 0.717) is 10.7 Å². The summed E-state index contributed by atoms with van der Waals surface area (Å²) in [5.41, 5.74) is 10.2. The van der Waals surface area contributed by atoms with Gasteiger partial charge in [0, 0.05) is 24.8 Å². The lowest BCUT2D eigenvalue weighted by molar-refractivity contribution is 0.102. The van der Waals surface area contributed by atoms with Crippen molar-refractivity contribution in [1.29, 1.82) is 0 Å². The van der Waals surface area contributed by atoms with Crippen LogP contribution in [-0.2, 0) is 0 Å². The Morgan fingerprint density at radius 1 is 1.10 bits per heavy atom. The third-order valence-electron chi connectivity index (χ3n) is 4.91. The molecular formula is C23H29N5OS. The first kappa shape index (κ1) is 21.8. The van der Waals surface area contributed by atoms with E-state index in [0.717, 1.165) is 42.2 Å². The van der Waals surface area contributed by atoms with Crippen molar-refractivity contribution in [3.05, 3.63) is 54.0 Å². The van der Waals surface area contributed by atoms with Crippen molar-refractivity contribution in [2.24, 2.45) is 0 Å². The maximum Gasteiger partial charge on any atom is 0.277 e. The van der Waals surface area contributed by atoms with Crippen LogP contribution in [0.4, 0.5) is 16.4 Å². The molecule has 4 rings (SSSR count). The number of thiazole rings is 1. The van der Waals surface area contributed by atoms with Crippen LogP contribution in [0, 0.1) is 6.92 Å². The highest BCUT2D eigenvalue weighted by Crippen LogP contribution is 2.32. The fraction of sp³-hybridized carbons (Fsp3) is 0.348. The molecule has 158 valence electrons. The topological polar surface area (TPSA) is 84.1 Å². The van der Waals surface area contributed by atoms with Gasteiger partial charge in [-0.15, -0.1) is 0 Å². The van der Waals surface area contributed by atoms with Crippen LogP contribution in [0.3, 0.4) is 0 Å². The van der Waals surface area contributed by atoms with Gasteiger partial charge < -0.3 is 16.0 Å². The van der Waals surface area contributed by atoms with Crippen molar-refractivity contribution >= 4 is 33.6 Å². The van der Waals surface area contributed by atoms with Gasteiger partial charge in [0.25, 0.3) is 5.91 Å². The zero-order valence-electron chi connectivity index (χ0n) is 17.8. The molecule has 0 radical (unpaired) electrons. The molecule has 30 heavy (non-hydrogen) atoms. The molecule has 6 nitrogen and oxygen atoms in total. The summed E-state index contributed by atoms with van der Waals surface area (Å²) in [5, 5.41) is 4.11. The number of nitrogen functional groups attached to an aromatic ring is 1. The van der Waals surface area contributed by atoms with E-state index in [1.54, 1.807) is 12.4 Å². The first-order valence-corrected chi connectivity index (χ1v) is 11.3. The van der Waals surface area contributed by atoms with Gasteiger partial charge in [0.1, 0.15) is 10.0 Å². The number of benzene rings is 1. The third kappa shape index (κ3) is 4.97. The number of nitrogens with zero attached hydrogens (tertiary/aromatic N) is 3. The summed E-state index contributed by atoms with van der Waals surface area (Å²) < 4.78 is 0. The summed E-state index contributed by atoms with van der Waals surface area (Å²) in [6.07, 6.45) is 7.02. The van der Waals surface area contributed by atoms with Crippen molar-refractivity contribution in [2.45, 2.75) is 40.0 Å². The molecule has 0 bridgehead atoms. The average Bonchev–Trinajstić information content (AvgIpc) is 3.18. The molecule has 0 atom stereocenters. The SMILES string of the molecule is CC.Cc1ccc(-c2nc(C(=O)Nc3cnccc3N3CCCCC3)c(N)s2)cc1. The highest BCUT2D eigenvalue weighted by atomic mass is 32.1. The number of hydrogen-bond donors (Lipinski definition) is 2. The van der Waals surface area contributed by atoms with Crippen molar-refractivity contribution in [1.82, 2.24) is 9.97 Å². The second-order valence-electron chi connectivity index (χ2n) is 6.99. The lowest BCUT2D eigenvalue weighted by Crippen LogP contribution is -2.30. The number of nitrogens with two attached hydrogens (primary N) is 1. The van der Waals surface area contributed by atoms with E-state index < -0.39 is 0 Å². The Balaban J connectivity index is 0.00000124. The zero-order chi connectivity index (χ0) is 21.5. The number of carbonyl (C=O) groups is 1. The van der Waals surface area contributed by atoms with Gasteiger partial charge in [0.05, 0.1) is 17.6 Å². The molecule has 0 aliphatic carbocycles. The van der Waals surface area contributed by atoms with Crippen LogP contribution in [0.2, 0.25) is 0 Å². The second-order valence-corrected chi connectivity index (χ2v) is 8.02. The van der Waals surface area contributed by atoms with Crippen LogP contribution in [0.1, 0.15) is 49.2 Å². The highest BCUT2D eigenvalue weighted by molar-refractivity contribution is 7.19. The van der Waals surface area contributed by atoms with Crippen LogP contribution in [-0.4, -0.2) is 29.0 Å². The van der Waals surface area contributed by atoms with Gasteiger partial charge in [-0.25, -0.2) is 4.98 Å². The molecule has 0 unspecified atom stereocenters. The molecule has 1 aromatic carbocycles. The Morgan fingerprint density at radius 3 is 2.50 bits per heavy atom. The predicted molar refractivity (Wildman–Crippen MR) is 126 cm³/mol. The Kier molecular flexibility index (Phi) is 7.41. The average molecular weight is 424 g/mol. The Bertz CT molecular complexity index is 978. The molecule has 0 saturated carbocycles. The molecule has 3 heterocycles. The Morgan fingerprint density at radius 2 is 1.80 bits per heavy atom. The Labute approximate surface area is 182 Å². The van der Waals surface area contributed by atoms with Gasteiger partial charge in [-0.3, -0.25) is 9.78 Å². The number of amides is 1. The molecular weight excluding hydrogens is 394 g/mol. The zero-order valence-corrected chi connectivity index (χ0v) is 18.6. The van der Waals surface area contributed by atoms with Gasteiger partial charge in [0.15, 0.2) is 5.69 Å². The van der Waals surface area contributed by atoms with Crippen molar-refractivity contribution < 1.29 is 4.79 Å². The minimum Gasteiger partial charge on any atom is -0.389 e. The first-order chi connectivity index (χ1) is 14.6. The van der Waals surface area contributed by atoms with Crippen LogP contribution < -0.4 is 16.0 Å². The molecule has 1 aliphatic heterocycles. The van der Waals surface area contributed by atoms with E-state index in [9.17, 15) is 4.79 Å². The molecule has 3 aromatic rings. The second kappa shape index (κ2) is 10.2. The predicted octanol–water partition coefficient (Wildman–Crippen LogP) is 5.36. The van der Waals surface area contributed by atoms with Gasteiger partial charge >= 0.3 is 0 Å².